The maximum absolute atomic E-state index is 13.3. The molecule has 21 heavy (non-hydrogen) atoms. The molecule has 6 heteroatoms. The Bertz CT molecular complexity index is 573. The van der Waals surface area contributed by atoms with Crippen LogP contribution in [0.4, 0.5) is 10.1 Å². The van der Waals surface area contributed by atoms with E-state index in [1.54, 1.807) is 0 Å². The molecule has 0 spiro atoms. The second-order valence-corrected chi connectivity index (χ2v) is 5.55. The second kappa shape index (κ2) is 6.02. The molecule has 2 rings (SSSR count). The first-order valence-electron chi connectivity index (χ1n) is 7.01. The van der Waals surface area contributed by atoms with Crippen molar-refractivity contribution in [2.75, 3.05) is 11.4 Å². The monoisotopic (exact) mass is 312 g/mol. The van der Waals surface area contributed by atoms with Crippen LogP contribution in [-0.4, -0.2) is 23.9 Å². The Morgan fingerprint density at radius 2 is 2.00 bits per heavy atom. The van der Waals surface area contributed by atoms with Crippen molar-refractivity contribution in [1.82, 2.24) is 5.32 Å². The van der Waals surface area contributed by atoms with Gasteiger partial charge in [0.15, 0.2) is 0 Å². The van der Waals surface area contributed by atoms with Crippen LogP contribution in [0.5, 0.6) is 0 Å². The maximum atomic E-state index is 13.3. The van der Waals surface area contributed by atoms with Crippen molar-refractivity contribution in [2.45, 2.75) is 38.6 Å². The molecular weight excluding hydrogens is 295 g/mol. The molecule has 1 aromatic rings. The molecule has 0 atom stereocenters. The highest BCUT2D eigenvalue weighted by atomic mass is 35.5. The van der Waals surface area contributed by atoms with Crippen LogP contribution in [0.25, 0.3) is 0 Å². The minimum atomic E-state index is -0.908. The Hall–Kier alpha value is -1.62. The summed E-state index contributed by atoms with van der Waals surface area (Å²) in [6, 6.07) is 4.15. The van der Waals surface area contributed by atoms with Crippen LogP contribution in [0.2, 0.25) is 5.02 Å². The molecule has 0 bridgehead atoms. The van der Waals surface area contributed by atoms with Crippen LogP contribution < -0.4 is 10.2 Å². The van der Waals surface area contributed by atoms with E-state index in [9.17, 15) is 14.0 Å². The van der Waals surface area contributed by atoms with Gasteiger partial charge in [0, 0.05) is 18.7 Å². The Balaban J connectivity index is 2.44. The Labute approximate surface area is 128 Å². The fourth-order valence-electron chi connectivity index (χ4n) is 2.58. The molecule has 0 saturated carbocycles. The number of benzene rings is 1. The molecule has 114 valence electrons. The fourth-order valence-corrected chi connectivity index (χ4v) is 2.76. The molecule has 2 amide bonds. The summed E-state index contributed by atoms with van der Waals surface area (Å²) in [4.78, 5) is 26.2. The zero-order valence-electron chi connectivity index (χ0n) is 12.1. The van der Waals surface area contributed by atoms with Gasteiger partial charge in [-0.3, -0.25) is 9.59 Å². The van der Waals surface area contributed by atoms with Crippen LogP contribution >= 0.6 is 11.6 Å². The molecule has 4 nitrogen and oxygen atoms in total. The van der Waals surface area contributed by atoms with Crippen molar-refractivity contribution in [1.29, 1.82) is 0 Å². The Morgan fingerprint density at radius 3 is 2.57 bits per heavy atom. The highest BCUT2D eigenvalue weighted by molar-refractivity contribution is 6.31. The zero-order valence-corrected chi connectivity index (χ0v) is 12.8. The van der Waals surface area contributed by atoms with E-state index < -0.39 is 11.4 Å². The molecule has 1 aliphatic heterocycles. The first kappa shape index (κ1) is 15.8. The van der Waals surface area contributed by atoms with Gasteiger partial charge in [0.1, 0.15) is 11.4 Å². The van der Waals surface area contributed by atoms with Gasteiger partial charge in [-0.15, -0.1) is 0 Å². The van der Waals surface area contributed by atoms with Crippen LogP contribution in [-0.2, 0) is 9.59 Å². The van der Waals surface area contributed by atoms with Crippen LogP contribution in [0, 0.1) is 5.82 Å². The highest BCUT2D eigenvalue weighted by Gasteiger charge is 2.42. The average Bonchev–Trinajstić information content (AvgIpc) is 2.60. The first-order chi connectivity index (χ1) is 9.93. The molecule has 0 unspecified atom stereocenters. The molecule has 1 aromatic carbocycles. The Kier molecular flexibility index (Phi) is 4.52. The van der Waals surface area contributed by atoms with E-state index >= 15 is 0 Å². The molecule has 1 fully saturated rings. The molecule has 1 heterocycles. The third kappa shape index (κ3) is 2.88. The highest BCUT2D eigenvalue weighted by Crippen LogP contribution is 2.28. The van der Waals surface area contributed by atoms with Crippen molar-refractivity contribution >= 4 is 29.1 Å². The summed E-state index contributed by atoms with van der Waals surface area (Å²) in [5.74, 6) is -0.863. The van der Waals surface area contributed by atoms with Crippen molar-refractivity contribution in [3.63, 3.8) is 0 Å². The predicted octanol–water partition coefficient (Wildman–Crippen LogP) is 2.89. The molecule has 1 saturated heterocycles. The third-order valence-electron chi connectivity index (χ3n) is 4.02. The Morgan fingerprint density at radius 1 is 1.33 bits per heavy atom. The third-order valence-corrected chi connectivity index (χ3v) is 4.31. The van der Waals surface area contributed by atoms with E-state index in [0.717, 1.165) is 0 Å². The van der Waals surface area contributed by atoms with Crippen molar-refractivity contribution < 1.29 is 14.0 Å². The van der Waals surface area contributed by atoms with Gasteiger partial charge in [-0.05, 0) is 31.0 Å². The molecular formula is C15H18ClFN2O2. The van der Waals surface area contributed by atoms with Crippen molar-refractivity contribution in [3.8, 4) is 0 Å². The number of carbonyl (C=O) groups excluding carboxylic acids is 2. The van der Waals surface area contributed by atoms with Gasteiger partial charge in [-0.25, -0.2) is 4.39 Å². The van der Waals surface area contributed by atoms with E-state index in [-0.39, 0.29) is 29.8 Å². The fraction of sp³-hybridized carbons (Fsp3) is 0.467. The number of nitrogens with zero attached hydrogens (tertiary/aromatic N) is 1. The standard InChI is InChI=1S/C15H18ClFN2O2/c1-3-15(4-2)14(21)19(8-7-13(20)18-15)10-5-6-12(17)11(16)9-10/h5-6,9H,3-4,7-8H2,1-2H3,(H,18,20). The number of rotatable bonds is 3. The van der Waals surface area contributed by atoms with Gasteiger partial charge < -0.3 is 10.2 Å². The van der Waals surface area contributed by atoms with Gasteiger partial charge in [0.05, 0.1) is 5.02 Å². The minimum absolute atomic E-state index is 0.0394. The van der Waals surface area contributed by atoms with E-state index in [1.807, 2.05) is 13.8 Å². The van der Waals surface area contributed by atoms with Gasteiger partial charge >= 0.3 is 0 Å². The lowest BCUT2D eigenvalue weighted by atomic mass is 9.91. The summed E-state index contributed by atoms with van der Waals surface area (Å²) >= 11 is 5.79. The summed E-state index contributed by atoms with van der Waals surface area (Å²) in [6.07, 6.45) is 1.21. The lowest BCUT2D eigenvalue weighted by molar-refractivity contribution is -0.130. The van der Waals surface area contributed by atoms with E-state index in [2.05, 4.69) is 5.32 Å². The van der Waals surface area contributed by atoms with Crippen LogP contribution in [0.1, 0.15) is 33.1 Å². The topological polar surface area (TPSA) is 49.4 Å². The summed E-state index contributed by atoms with van der Waals surface area (Å²) in [5.41, 5.74) is -0.400. The van der Waals surface area contributed by atoms with Gasteiger partial charge in [-0.2, -0.15) is 0 Å². The molecule has 0 aromatic heterocycles. The van der Waals surface area contributed by atoms with E-state index in [0.29, 0.717) is 18.5 Å². The first-order valence-corrected chi connectivity index (χ1v) is 7.39. The second-order valence-electron chi connectivity index (χ2n) is 5.14. The minimum Gasteiger partial charge on any atom is -0.342 e. The quantitative estimate of drug-likeness (QED) is 0.933. The van der Waals surface area contributed by atoms with E-state index in [4.69, 9.17) is 11.6 Å². The number of hydrogen-bond donors (Lipinski definition) is 1. The summed E-state index contributed by atoms with van der Waals surface area (Å²) in [5, 5.41) is 2.79. The number of nitrogens with one attached hydrogen (secondary N) is 1. The zero-order chi connectivity index (χ0) is 15.6. The lowest BCUT2D eigenvalue weighted by Gasteiger charge is -2.33. The largest absolute Gasteiger partial charge is 0.342 e. The smallest absolute Gasteiger partial charge is 0.252 e. The van der Waals surface area contributed by atoms with Crippen molar-refractivity contribution in [2.24, 2.45) is 0 Å². The number of halogens is 2. The van der Waals surface area contributed by atoms with Gasteiger partial charge in [0.2, 0.25) is 5.91 Å². The molecule has 1 aliphatic rings. The summed E-state index contributed by atoms with van der Waals surface area (Å²) < 4.78 is 13.3. The molecule has 0 radical (unpaired) electrons. The van der Waals surface area contributed by atoms with Crippen molar-refractivity contribution in [3.05, 3.63) is 29.0 Å². The van der Waals surface area contributed by atoms with Crippen LogP contribution in [0.3, 0.4) is 0 Å². The van der Waals surface area contributed by atoms with Gasteiger partial charge in [-0.1, -0.05) is 25.4 Å². The molecule has 1 N–H and O–H groups in total. The normalized spacial score (nSPS) is 18.4. The average molecular weight is 313 g/mol. The van der Waals surface area contributed by atoms with Crippen LogP contribution in [0.15, 0.2) is 18.2 Å². The number of hydrogen-bond acceptors (Lipinski definition) is 2. The number of carbonyl (C=O) groups is 2. The lowest BCUT2D eigenvalue weighted by Crippen LogP contribution is -2.56. The number of anilines is 1. The molecule has 0 aliphatic carbocycles. The SMILES string of the molecule is CCC1(CC)NC(=O)CCN(c2ccc(F)c(Cl)c2)C1=O. The van der Waals surface area contributed by atoms with E-state index in [1.165, 1.54) is 23.1 Å². The predicted molar refractivity (Wildman–Crippen MR) is 79.8 cm³/mol. The summed E-state index contributed by atoms with van der Waals surface area (Å²) in [7, 11) is 0. The van der Waals surface area contributed by atoms with Gasteiger partial charge in [0.25, 0.3) is 5.91 Å². The maximum Gasteiger partial charge on any atom is 0.252 e. The summed E-state index contributed by atoms with van der Waals surface area (Å²) in [6.45, 7) is 3.99. The number of amides is 2.